The van der Waals surface area contributed by atoms with E-state index in [0.29, 0.717) is 42.0 Å². The summed E-state index contributed by atoms with van der Waals surface area (Å²) in [6, 6.07) is 11.8. The highest BCUT2D eigenvalue weighted by atomic mass is 79.9. The molecule has 0 aromatic heterocycles. The minimum atomic E-state index is -0.233. The zero-order valence-corrected chi connectivity index (χ0v) is 15.9. The first-order chi connectivity index (χ1) is 12.5. The molecule has 1 aliphatic rings. The molecule has 0 unspecified atom stereocenters. The van der Waals surface area contributed by atoms with Gasteiger partial charge in [-0.2, -0.15) is 0 Å². The molecule has 2 aromatic carbocycles. The maximum Gasteiger partial charge on any atom is 0.257 e. The SMILES string of the molecule is COc1cccc(C(=O)N2CCN(C(=O)c3ccc(Br)cc3O)CC2)c1. The molecule has 1 heterocycles. The van der Waals surface area contributed by atoms with E-state index in [4.69, 9.17) is 4.74 Å². The lowest BCUT2D eigenvalue weighted by atomic mass is 10.1. The lowest BCUT2D eigenvalue weighted by molar-refractivity contribution is 0.0533. The van der Waals surface area contributed by atoms with Crippen molar-refractivity contribution in [1.29, 1.82) is 0 Å². The predicted molar refractivity (Wildman–Crippen MR) is 101 cm³/mol. The number of methoxy groups -OCH3 is 1. The number of rotatable bonds is 3. The van der Waals surface area contributed by atoms with Gasteiger partial charge in [0, 0.05) is 36.2 Å². The Labute approximate surface area is 160 Å². The van der Waals surface area contributed by atoms with Crippen LogP contribution in [0.1, 0.15) is 20.7 Å². The minimum absolute atomic E-state index is 0.0562. The highest BCUT2D eigenvalue weighted by Gasteiger charge is 2.26. The zero-order valence-electron chi connectivity index (χ0n) is 14.3. The summed E-state index contributed by atoms with van der Waals surface area (Å²) in [6.45, 7) is 1.73. The lowest BCUT2D eigenvalue weighted by Crippen LogP contribution is -2.50. The Balaban J connectivity index is 1.65. The maximum atomic E-state index is 12.6. The monoisotopic (exact) mass is 418 g/mol. The summed E-state index contributed by atoms with van der Waals surface area (Å²) in [7, 11) is 1.56. The largest absolute Gasteiger partial charge is 0.507 e. The molecule has 2 amide bonds. The van der Waals surface area contributed by atoms with E-state index in [9.17, 15) is 14.7 Å². The van der Waals surface area contributed by atoms with Gasteiger partial charge in [-0.3, -0.25) is 9.59 Å². The molecule has 0 bridgehead atoms. The molecule has 0 atom stereocenters. The minimum Gasteiger partial charge on any atom is -0.507 e. The van der Waals surface area contributed by atoms with Gasteiger partial charge in [0.1, 0.15) is 11.5 Å². The fraction of sp³-hybridized carbons (Fsp3) is 0.263. The van der Waals surface area contributed by atoms with Gasteiger partial charge in [-0.25, -0.2) is 0 Å². The first kappa shape index (κ1) is 18.3. The fourth-order valence-corrected chi connectivity index (χ4v) is 3.26. The third kappa shape index (κ3) is 3.83. The highest BCUT2D eigenvalue weighted by molar-refractivity contribution is 9.10. The molecule has 6 nitrogen and oxygen atoms in total. The number of ether oxygens (including phenoxy) is 1. The van der Waals surface area contributed by atoms with E-state index in [1.807, 2.05) is 0 Å². The Morgan fingerprint density at radius 2 is 1.65 bits per heavy atom. The number of carbonyl (C=O) groups is 2. The van der Waals surface area contributed by atoms with E-state index in [-0.39, 0.29) is 23.1 Å². The van der Waals surface area contributed by atoms with Gasteiger partial charge in [0.05, 0.1) is 12.7 Å². The molecular formula is C19H19BrN2O4. The first-order valence-corrected chi connectivity index (χ1v) is 9.00. The molecular weight excluding hydrogens is 400 g/mol. The highest BCUT2D eigenvalue weighted by Crippen LogP contribution is 2.24. The molecule has 1 saturated heterocycles. The van der Waals surface area contributed by atoms with Crippen LogP contribution in [-0.2, 0) is 0 Å². The molecule has 136 valence electrons. The third-order valence-corrected chi connectivity index (χ3v) is 4.85. The van der Waals surface area contributed by atoms with Crippen molar-refractivity contribution in [3.8, 4) is 11.5 Å². The standard InChI is InChI=1S/C19H19BrN2O4/c1-26-15-4-2-3-13(11-15)18(24)21-7-9-22(10-8-21)19(25)16-6-5-14(20)12-17(16)23/h2-6,11-12,23H,7-10H2,1H3. The van der Waals surface area contributed by atoms with E-state index >= 15 is 0 Å². The van der Waals surface area contributed by atoms with Crippen molar-refractivity contribution in [2.45, 2.75) is 0 Å². The van der Waals surface area contributed by atoms with Crippen LogP contribution in [0.25, 0.3) is 0 Å². The number of hydrogen-bond acceptors (Lipinski definition) is 4. The summed E-state index contributed by atoms with van der Waals surface area (Å²) < 4.78 is 5.87. The Hall–Kier alpha value is -2.54. The quantitative estimate of drug-likeness (QED) is 0.831. The van der Waals surface area contributed by atoms with Gasteiger partial charge in [-0.15, -0.1) is 0 Å². The molecule has 26 heavy (non-hydrogen) atoms. The molecule has 0 aliphatic carbocycles. The Bertz CT molecular complexity index is 832. The van der Waals surface area contributed by atoms with Crippen molar-refractivity contribution >= 4 is 27.7 Å². The summed E-state index contributed by atoms with van der Waals surface area (Å²) >= 11 is 3.26. The molecule has 2 aromatic rings. The predicted octanol–water partition coefficient (Wildman–Crippen LogP) is 2.76. The average molecular weight is 419 g/mol. The maximum absolute atomic E-state index is 12.6. The van der Waals surface area contributed by atoms with Crippen molar-refractivity contribution in [1.82, 2.24) is 9.80 Å². The van der Waals surface area contributed by atoms with Gasteiger partial charge in [-0.05, 0) is 36.4 Å². The summed E-state index contributed by atoms with van der Waals surface area (Å²) in [5.74, 6) is 0.264. The summed E-state index contributed by atoms with van der Waals surface area (Å²) in [4.78, 5) is 28.6. The second-order valence-electron chi connectivity index (χ2n) is 5.98. The second-order valence-corrected chi connectivity index (χ2v) is 6.89. The molecule has 1 fully saturated rings. The van der Waals surface area contributed by atoms with Crippen LogP contribution in [0.15, 0.2) is 46.9 Å². The Kier molecular flexibility index (Phi) is 5.46. The van der Waals surface area contributed by atoms with Crippen LogP contribution in [0.3, 0.4) is 0 Å². The zero-order chi connectivity index (χ0) is 18.7. The molecule has 0 spiro atoms. The summed E-state index contributed by atoms with van der Waals surface area (Å²) in [6.07, 6.45) is 0. The number of hydrogen-bond donors (Lipinski definition) is 1. The number of benzene rings is 2. The lowest BCUT2D eigenvalue weighted by Gasteiger charge is -2.35. The van der Waals surface area contributed by atoms with E-state index in [0.717, 1.165) is 0 Å². The summed E-state index contributed by atoms with van der Waals surface area (Å²) in [5.41, 5.74) is 0.829. The molecule has 0 saturated carbocycles. The van der Waals surface area contributed by atoms with Gasteiger partial charge in [0.25, 0.3) is 11.8 Å². The normalized spacial score (nSPS) is 14.2. The number of piperazine rings is 1. The molecule has 3 rings (SSSR count). The number of halogens is 1. The van der Waals surface area contributed by atoms with E-state index < -0.39 is 0 Å². The van der Waals surface area contributed by atoms with Crippen molar-refractivity contribution < 1.29 is 19.4 Å². The van der Waals surface area contributed by atoms with Crippen molar-refractivity contribution in [2.75, 3.05) is 33.3 Å². The van der Waals surface area contributed by atoms with Gasteiger partial charge < -0.3 is 19.6 Å². The van der Waals surface area contributed by atoms with E-state index in [1.165, 1.54) is 6.07 Å². The number of aromatic hydroxyl groups is 1. The van der Waals surface area contributed by atoms with Crippen molar-refractivity contribution in [3.05, 3.63) is 58.1 Å². The number of carbonyl (C=O) groups excluding carboxylic acids is 2. The molecule has 1 aliphatic heterocycles. The van der Waals surface area contributed by atoms with Crippen LogP contribution < -0.4 is 4.74 Å². The van der Waals surface area contributed by atoms with Crippen LogP contribution in [0, 0.1) is 0 Å². The van der Waals surface area contributed by atoms with E-state index in [2.05, 4.69) is 15.9 Å². The fourth-order valence-electron chi connectivity index (χ4n) is 2.91. The number of phenolic OH excluding ortho intramolecular Hbond substituents is 1. The number of nitrogens with zero attached hydrogens (tertiary/aromatic N) is 2. The number of amides is 2. The number of phenols is 1. The molecule has 0 radical (unpaired) electrons. The van der Waals surface area contributed by atoms with Crippen molar-refractivity contribution in [3.63, 3.8) is 0 Å². The second kappa shape index (κ2) is 7.78. The Morgan fingerprint density at radius 3 is 2.27 bits per heavy atom. The average Bonchev–Trinajstić information content (AvgIpc) is 2.67. The van der Waals surface area contributed by atoms with Crippen LogP contribution >= 0.6 is 15.9 Å². The third-order valence-electron chi connectivity index (χ3n) is 4.36. The summed E-state index contributed by atoms with van der Waals surface area (Å²) in [5, 5.41) is 9.98. The Morgan fingerprint density at radius 1 is 1.00 bits per heavy atom. The molecule has 7 heteroatoms. The smallest absolute Gasteiger partial charge is 0.257 e. The van der Waals surface area contributed by atoms with Crippen LogP contribution in [0.4, 0.5) is 0 Å². The van der Waals surface area contributed by atoms with Gasteiger partial charge in [0.2, 0.25) is 0 Å². The van der Waals surface area contributed by atoms with Gasteiger partial charge >= 0.3 is 0 Å². The van der Waals surface area contributed by atoms with Crippen LogP contribution in [-0.4, -0.2) is 60.0 Å². The van der Waals surface area contributed by atoms with Crippen LogP contribution in [0.2, 0.25) is 0 Å². The topological polar surface area (TPSA) is 70.1 Å². The van der Waals surface area contributed by atoms with Gasteiger partial charge in [-0.1, -0.05) is 22.0 Å². The van der Waals surface area contributed by atoms with Crippen molar-refractivity contribution in [2.24, 2.45) is 0 Å². The van der Waals surface area contributed by atoms with Crippen LogP contribution in [0.5, 0.6) is 11.5 Å². The van der Waals surface area contributed by atoms with E-state index in [1.54, 1.807) is 53.3 Å². The molecule has 1 N–H and O–H groups in total. The first-order valence-electron chi connectivity index (χ1n) is 8.20. The van der Waals surface area contributed by atoms with Gasteiger partial charge in [0.15, 0.2) is 0 Å².